The standard InChI is InChI=1S/C15H26N2O4/c1-15(2,3)21-14(19)17-11-6-10(13(18)20-5)7-12(17)9-16(4)8-11/h10-12H,6-9H2,1-5H3/t10?,11-,12+. The Balaban J connectivity index is 2.13. The molecule has 2 aliphatic rings. The van der Waals surface area contributed by atoms with E-state index in [0.29, 0.717) is 12.8 Å². The highest BCUT2D eigenvalue weighted by Gasteiger charge is 2.46. The minimum absolute atomic E-state index is 0.0152. The third-order valence-corrected chi connectivity index (χ3v) is 4.08. The summed E-state index contributed by atoms with van der Waals surface area (Å²) >= 11 is 0. The van der Waals surface area contributed by atoms with Crippen molar-refractivity contribution in [2.24, 2.45) is 5.92 Å². The maximum atomic E-state index is 12.4. The molecule has 2 saturated heterocycles. The molecule has 6 heteroatoms. The van der Waals surface area contributed by atoms with Crippen molar-refractivity contribution >= 4 is 12.1 Å². The Morgan fingerprint density at radius 3 is 2.05 bits per heavy atom. The summed E-state index contributed by atoms with van der Waals surface area (Å²) in [6.07, 6.45) is 1.02. The third-order valence-electron chi connectivity index (χ3n) is 4.08. The first kappa shape index (κ1) is 16.1. The number of esters is 1. The number of hydrogen-bond acceptors (Lipinski definition) is 5. The molecule has 3 atom stereocenters. The molecule has 2 aliphatic heterocycles. The quantitative estimate of drug-likeness (QED) is 0.686. The molecule has 2 rings (SSSR count). The lowest BCUT2D eigenvalue weighted by Crippen LogP contribution is -2.64. The maximum absolute atomic E-state index is 12.4. The zero-order valence-corrected chi connectivity index (χ0v) is 13.6. The zero-order valence-electron chi connectivity index (χ0n) is 13.6. The fourth-order valence-electron chi connectivity index (χ4n) is 3.37. The van der Waals surface area contributed by atoms with Gasteiger partial charge in [0.1, 0.15) is 5.60 Å². The molecule has 6 nitrogen and oxygen atoms in total. The molecule has 21 heavy (non-hydrogen) atoms. The summed E-state index contributed by atoms with van der Waals surface area (Å²) in [5, 5.41) is 0. The first-order valence-electron chi connectivity index (χ1n) is 7.49. The predicted molar refractivity (Wildman–Crippen MR) is 77.9 cm³/mol. The lowest BCUT2D eigenvalue weighted by molar-refractivity contribution is -0.150. The van der Waals surface area contributed by atoms with Crippen molar-refractivity contribution in [2.45, 2.75) is 51.3 Å². The van der Waals surface area contributed by atoms with E-state index in [-0.39, 0.29) is 30.1 Å². The second kappa shape index (κ2) is 5.83. The SMILES string of the molecule is COC(=O)C1C[C@@H]2CN(C)C[C@H](C1)N2C(=O)OC(C)(C)C. The van der Waals surface area contributed by atoms with Gasteiger partial charge in [0.2, 0.25) is 0 Å². The van der Waals surface area contributed by atoms with E-state index < -0.39 is 5.60 Å². The smallest absolute Gasteiger partial charge is 0.410 e. The molecule has 0 aromatic heterocycles. The highest BCUT2D eigenvalue weighted by atomic mass is 16.6. The molecule has 2 bridgehead atoms. The van der Waals surface area contributed by atoms with Crippen LogP contribution in [0.1, 0.15) is 33.6 Å². The van der Waals surface area contributed by atoms with Gasteiger partial charge in [-0.05, 0) is 40.7 Å². The summed E-state index contributed by atoms with van der Waals surface area (Å²) in [7, 11) is 3.47. The van der Waals surface area contributed by atoms with Gasteiger partial charge in [-0.3, -0.25) is 9.69 Å². The maximum Gasteiger partial charge on any atom is 0.410 e. The molecule has 1 amide bonds. The summed E-state index contributed by atoms with van der Waals surface area (Å²) < 4.78 is 10.4. The highest BCUT2D eigenvalue weighted by molar-refractivity contribution is 5.74. The number of amides is 1. The van der Waals surface area contributed by atoms with Gasteiger partial charge < -0.3 is 14.4 Å². The number of methoxy groups -OCH3 is 1. The molecule has 2 heterocycles. The van der Waals surface area contributed by atoms with E-state index in [9.17, 15) is 9.59 Å². The zero-order chi connectivity index (χ0) is 15.8. The van der Waals surface area contributed by atoms with Gasteiger partial charge >= 0.3 is 12.1 Å². The van der Waals surface area contributed by atoms with Gasteiger partial charge in [-0.25, -0.2) is 4.79 Å². The number of piperazine rings is 1. The van der Waals surface area contributed by atoms with Crippen LogP contribution in [0.5, 0.6) is 0 Å². The van der Waals surface area contributed by atoms with E-state index in [1.807, 2.05) is 32.7 Å². The van der Waals surface area contributed by atoms with Crippen LogP contribution < -0.4 is 0 Å². The topological polar surface area (TPSA) is 59.1 Å². The van der Waals surface area contributed by atoms with Crippen LogP contribution in [0.3, 0.4) is 0 Å². The van der Waals surface area contributed by atoms with Crippen molar-refractivity contribution in [1.29, 1.82) is 0 Å². The number of ether oxygens (including phenoxy) is 2. The van der Waals surface area contributed by atoms with Crippen LogP contribution in [-0.4, -0.2) is 66.8 Å². The van der Waals surface area contributed by atoms with Crippen LogP contribution in [0.4, 0.5) is 4.79 Å². The van der Waals surface area contributed by atoms with Gasteiger partial charge in [0, 0.05) is 25.2 Å². The monoisotopic (exact) mass is 298 g/mol. The fraction of sp³-hybridized carbons (Fsp3) is 0.867. The molecule has 0 radical (unpaired) electrons. The second-order valence-electron chi connectivity index (χ2n) is 7.11. The van der Waals surface area contributed by atoms with E-state index in [1.54, 1.807) is 0 Å². The lowest BCUT2D eigenvalue weighted by atomic mass is 9.83. The van der Waals surface area contributed by atoms with E-state index in [2.05, 4.69) is 4.90 Å². The van der Waals surface area contributed by atoms with Gasteiger partial charge in [-0.15, -0.1) is 0 Å². The first-order chi connectivity index (χ1) is 9.71. The number of carbonyl (C=O) groups excluding carboxylic acids is 2. The Morgan fingerprint density at radius 1 is 1.10 bits per heavy atom. The van der Waals surface area contributed by atoms with Gasteiger partial charge in [0.15, 0.2) is 0 Å². The Bertz CT molecular complexity index is 402. The molecule has 120 valence electrons. The molecular weight excluding hydrogens is 272 g/mol. The second-order valence-corrected chi connectivity index (χ2v) is 7.11. The molecule has 0 saturated carbocycles. The molecule has 1 unspecified atom stereocenters. The number of piperidine rings is 1. The van der Waals surface area contributed by atoms with Crippen LogP contribution in [-0.2, 0) is 14.3 Å². The van der Waals surface area contributed by atoms with Gasteiger partial charge in [0.25, 0.3) is 0 Å². The number of rotatable bonds is 1. The van der Waals surface area contributed by atoms with Crippen molar-refractivity contribution in [2.75, 3.05) is 27.2 Å². The van der Waals surface area contributed by atoms with Crippen LogP contribution in [0.2, 0.25) is 0 Å². The van der Waals surface area contributed by atoms with Crippen molar-refractivity contribution in [3.05, 3.63) is 0 Å². The minimum atomic E-state index is -0.503. The first-order valence-corrected chi connectivity index (χ1v) is 7.49. The Morgan fingerprint density at radius 2 is 1.62 bits per heavy atom. The van der Waals surface area contributed by atoms with Crippen molar-refractivity contribution < 1.29 is 19.1 Å². The Kier molecular flexibility index (Phi) is 4.46. The van der Waals surface area contributed by atoms with Crippen LogP contribution in [0.15, 0.2) is 0 Å². The van der Waals surface area contributed by atoms with E-state index in [1.165, 1.54) is 7.11 Å². The average molecular weight is 298 g/mol. The Labute approximate surface area is 126 Å². The molecular formula is C15H26N2O4. The predicted octanol–water partition coefficient (Wildman–Crippen LogP) is 1.49. The number of nitrogens with zero attached hydrogens (tertiary/aromatic N) is 2. The van der Waals surface area contributed by atoms with E-state index >= 15 is 0 Å². The number of hydrogen-bond donors (Lipinski definition) is 0. The van der Waals surface area contributed by atoms with Crippen molar-refractivity contribution in [3.63, 3.8) is 0 Å². The molecule has 0 aliphatic carbocycles. The summed E-state index contributed by atoms with van der Waals surface area (Å²) in [5.74, 6) is -0.282. The van der Waals surface area contributed by atoms with Gasteiger partial charge in [0.05, 0.1) is 13.0 Å². The summed E-state index contributed by atoms with van der Waals surface area (Å²) in [6, 6.07) is 0.0305. The molecule has 0 aromatic carbocycles. The Hall–Kier alpha value is -1.30. The van der Waals surface area contributed by atoms with Crippen LogP contribution >= 0.6 is 0 Å². The average Bonchev–Trinajstić information content (AvgIpc) is 2.33. The number of likely N-dealkylation sites (N-methyl/N-ethyl adjacent to an activating group) is 1. The van der Waals surface area contributed by atoms with E-state index in [0.717, 1.165) is 13.1 Å². The third kappa shape index (κ3) is 3.67. The lowest BCUT2D eigenvalue weighted by Gasteiger charge is -2.50. The summed E-state index contributed by atoms with van der Waals surface area (Å²) in [6.45, 7) is 7.14. The van der Waals surface area contributed by atoms with Gasteiger partial charge in [-0.2, -0.15) is 0 Å². The van der Waals surface area contributed by atoms with Crippen LogP contribution in [0.25, 0.3) is 0 Å². The van der Waals surface area contributed by atoms with E-state index in [4.69, 9.17) is 9.47 Å². The number of fused-ring (bicyclic) bond motifs is 2. The van der Waals surface area contributed by atoms with Crippen LogP contribution in [0, 0.1) is 5.92 Å². The van der Waals surface area contributed by atoms with Gasteiger partial charge in [-0.1, -0.05) is 0 Å². The molecule has 0 spiro atoms. The highest BCUT2D eigenvalue weighted by Crippen LogP contribution is 2.33. The summed E-state index contributed by atoms with van der Waals surface area (Å²) in [4.78, 5) is 28.3. The van der Waals surface area contributed by atoms with Crippen molar-refractivity contribution in [3.8, 4) is 0 Å². The largest absolute Gasteiger partial charge is 0.469 e. The fourth-order valence-corrected chi connectivity index (χ4v) is 3.37. The molecule has 0 aromatic rings. The minimum Gasteiger partial charge on any atom is -0.469 e. The molecule has 0 N–H and O–H groups in total. The summed E-state index contributed by atoms with van der Waals surface area (Å²) in [5.41, 5.74) is -0.503. The normalized spacial score (nSPS) is 30.0. The number of carbonyl (C=O) groups is 2. The number of likely N-dealkylation sites (tertiary alicyclic amines) is 1. The van der Waals surface area contributed by atoms with Crippen molar-refractivity contribution in [1.82, 2.24) is 9.80 Å². The molecule has 2 fully saturated rings.